The summed E-state index contributed by atoms with van der Waals surface area (Å²) in [5, 5.41) is 5.77. The lowest BCUT2D eigenvalue weighted by molar-refractivity contribution is -0.137. The molecule has 132 valence electrons. The van der Waals surface area contributed by atoms with Gasteiger partial charge in [0.05, 0.1) is 16.8 Å². The van der Waals surface area contributed by atoms with E-state index in [0.29, 0.717) is 12.5 Å². The highest BCUT2D eigenvalue weighted by atomic mass is 32.1. The Bertz CT molecular complexity index is 807. The number of alkyl halides is 3. The Morgan fingerprint density at radius 2 is 2.00 bits per heavy atom. The molecule has 0 bridgehead atoms. The number of benzene rings is 1. The van der Waals surface area contributed by atoms with Crippen LogP contribution in [0.25, 0.3) is 0 Å². The van der Waals surface area contributed by atoms with E-state index < -0.39 is 17.6 Å². The van der Waals surface area contributed by atoms with E-state index in [2.05, 4.69) is 10.7 Å². The van der Waals surface area contributed by atoms with E-state index in [1.165, 1.54) is 31.0 Å². The highest BCUT2D eigenvalue weighted by molar-refractivity contribution is 7.09. The Morgan fingerprint density at radius 1 is 1.28 bits per heavy atom. The number of aromatic nitrogens is 1. The van der Waals surface area contributed by atoms with Crippen molar-refractivity contribution in [2.45, 2.75) is 43.2 Å². The van der Waals surface area contributed by atoms with E-state index >= 15 is 0 Å². The summed E-state index contributed by atoms with van der Waals surface area (Å²) in [5.74, 6) is -0.104. The first-order chi connectivity index (χ1) is 11.9. The molecule has 3 nitrogen and oxygen atoms in total. The van der Waals surface area contributed by atoms with Crippen LogP contribution in [0.5, 0.6) is 0 Å². The van der Waals surface area contributed by atoms with Gasteiger partial charge in [-0.3, -0.25) is 4.79 Å². The molecule has 2 aliphatic rings. The van der Waals surface area contributed by atoms with Gasteiger partial charge in [-0.2, -0.15) is 13.2 Å². The highest BCUT2D eigenvalue weighted by Crippen LogP contribution is 2.50. The molecule has 0 radical (unpaired) electrons. The zero-order valence-electron chi connectivity index (χ0n) is 13.4. The summed E-state index contributed by atoms with van der Waals surface area (Å²) < 4.78 is 39.2. The molecule has 2 fully saturated rings. The SMILES string of the molecule is O=C(NCC1(c2nc(C3CC3)cs2)CC1)c1ccccc1C(F)(F)F. The van der Waals surface area contributed by atoms with Gasteiger partial charge in [0.25, 0.3) is 5.91 Å². The second kappa shape index (κ2) is 5.83. The van der Waals surface area contributed by atoms with Crippen LogP contribution in [0.3, 0.4) is 0 Å². The Balaban J connectivity index is 1.47. The third kappa shape index (κ3) is 3.29. The van der Waals surface area contributed by atoms with Gasteiger partial charge in [0.2, 0.25) is 0 Å². The number of rotatable bonds is 5. The second-order valence-electron chi connectivity index (χ2n) is 6.86. The average molecular weight is 366 g/mol. The minimum atomic E-state index is -4.54. The molecule has 25 heavy (non-hydrogen) atoms. The van der Waals surface area contributed by atoms with Crippen LogP contribution in [0.4, 0.5) is 13.2 Å². The molecule has 2 aromatic rings. The third-order valence-corrected chi connectivity index (χ3v) is 6.00. The Hall–Kier alpha value is -1.89. The number of carbonyl (C=O) groups is 1. The number of nitrogens with zero attached hydrogens (tertiary/aromatic N) is 1. The van der Waals surface area contributed by atoms with Crippen LogP contribution >= 0.6 is 11.3 Å². The molecule has 1 heterocycles. The summed E-state index contributed by atoms with van der Waals surface area (Å²) in [6, 6.07) is 4.88. The van der Waals surface area contributed by atoms with Crippen molar-refractivity contribution in [3.05, 3.63) is 51.5 Å². The van der Waals surface area contributed by atoms with Crippen molar-refractivity contribution in [2.75, 3.05) is 6.54 Å². The lowest BCUT2D eigenvalue weighted by Gasteiger charge is -2.16. The van der Waals surface area contributed by atoms with Gasteiger partial charge in [0, 0.05) is 23.3 Å². The summed E-state index contributed by atoms with van der Waals surface area (Å²) in [7, 11) is 0. The number of hydrogen-bond acceptors (Lipinski definition) is 3. The van der Waals surface area contributed by atoms with Crippen molar-refractivity contribution in [2.24, 2.45) is 0 Å². The van der Waals surface area contributed by atoms with Crippen LogP contribution in [0.1, 0.15) is 58.2 Å². The first-order valence-corrected chi connectivity index (χ1v) is 9.17. The Morgan fingerprint density at radius 3 is 2.64 bits per heavy atom. The number of carbonyl (C=O) groups excluding carboxylic acids is 1. The van der Waals surface area contributed by atoms with Gasteiger partial charge in [-0.05, 0) is 37.8 Å². The van der Waals surface area contributed by atoms with Gasteiger partial charge in [0.15, 0.2) is 0 Å². The summed E-state index contributed by atoms with van der Waals surface area (Å²) in [4.78, 5) is 17.0. The predicted octanol–water partition coefficient (Wildman–Crippen LogP) is 4.50. The predicted molar refractivity (Wildman–Crippen MR) is 88.8 cm³/mol. The smallest absolute Gasteiger partial charge is 0.351 e. The molecule has 0 aliphatic heterocycles. The van der Waals surface area contributed by atoms with Gasteiger partial charge >= 0.3 is 6.18 Å². The normalized spacial score (nSPS) is 18.8. The topological polar surface area (TPSA) is 42.0 Å². The number of thiazole rings is 1. The van der Waals surface area contributed by atoms with E-state index in [9.17, 15) is 18.0 Å². The molecule has 0 unspecified atom stereocenters. The summed E-state index contributed by atoms with van der Waals surface area (Å²) in [5.41, 5.74) is -0.299. The molecule has 4 rings (SSSR count). The van der Waals surface area contributed by atoms with Crippen LogP contribution in [-0.2, 0) is 11.6 Å². The Kier molecular flexibility index (Phi) is 3.86. The number of halogens is 3. The van der Waals surface area contributed by atoms with Crippen molar-refractivity contribution in [3.8, 4) is 0 Å². The largest absolute Gasteiger partial charge is 0.417 e. The fraction of sp³-hybridized carbons (Fsp3) is 0.444. The van der Waals surface area contributed by atoms with Crippen molar-refractivity contribution in [1.29, 1.82) is 0 Å². The van der Waals surface area contributed by atoms with Crippen LogP contribution in [0, 0.1) is 0 Å². The molecule has 2 aliphatic carbocycles. The molecular weight excluding hydrogens is 349 g/mol. The van der Waals surface area contributed by atoms with Gasteiger partial charge in [-0.15, -0.1) is 11.3 Å². The van der Waals surface area contributed by atoms with Crippen LogP contribution in [-0.4, -0.2) is 17.4 Å². The van der Waals surface area contributed by atoms with E-state index in [0.717, 1.165) is 29.6 Å². The average Bonchev–Trinajstić information content (AvgIpc) is 3.52. The zero-order chi connectivity index (χ0) is 17.7. The van der Waals surface area contributed by atoms with Crippen LogP contribution in [0.15, 0.2) is 29.6 Å². The molecule has 7 heteroatoms. The molecule has 2 saturated carbocycles. The van der Waals surface area contributed by atoms with E-state index in [1.54, 1.807) is 11.3 Å². The molecule has 1 N–H and O–H groups in total. The van der Waals surface area contributed by atoms with Crippen LogP contribution < -0.4 is 5.32 Å². The first kappa shape index (κ1) is 16.6. The van der Waals surface area contributed by atoms with Gasteiger partial charge < -0.3 is 5.32 Å². The first-order valence-electron chi connectivity index (χ1n) is 8.29. The monoisotopic (exact) mass is 366 g/mol. The fourth-order valence-electron chi connectivity index (χ4n) is 2.99. The number of amides is 1. The third-order valence-electron chi connectivity index (χ3n) is 4.89. The lowest BCUT2D eigenvalue weighted by Crippen LogP contribution is -2.33. The minimum Gasteiger partial charge on any atom is -0.351 e. The van der Waals surface area contributed by atoms with Crippen molar-refractivity contribution >= 4 is 17.2 Å². The minimum absolute atomic E-state index is 0.194. The summed E-state index contributed by atoms with van der Waals surface area (Å²) in [6.07, 6.45) is -0.362. The lowest BCUT2D eigenvalue weighted by atomic mass is 10.0. The highest BCUT2D eigenvalue weighted by Gasteiger charge is 2.47. The maximum atomic E-state index is 13.1. The van der Waals surface area contributed by atoms with Gasteiger partial charge in [-0.25, -0.2) is 4.98 Å². The maximum Gasteiger partial charge on any atom is 0.417 e. The van der Waals surface area contributed by atoms with Gasteiger partial charge in [-0.1, -0.05) is 12.1 Å². The van der Waals surface area contributed by atoms with Crippen molar-refractivity contribution < 1.29 is 18.0 Å². The van der Waals surface area contributed by atoms with Crippen molar-refractivity contribution in [1.82, 2.24) is 10.3 Å². The quantitative estimate of drug-likeness (QED) is 0.846. The van der Waals surface area contributed by atoms with E-state index in [4.69, 9.17) is 4.98 Å². The molecular formula is C18H17F3N2OS. The standard InChI is InChI=1S/C18H17F3N2OS/c19-18(20,21)13-4-2-1-3-12(13)15(24)22-10-17(7-8-17)16-23-14(9-25-16)11-5-6-11/h1-4,9,11H,5-8,10H2,(H,22,24). The molecule has 1 aromatic carbocycles. The number of nitrogens with one attached hydrogen (secondary N) is 1. The zero-order valence-corrected chi connectivity index (χ0v) is 14.2. The molecule has 1 amide bonds. The van der Waals surface area contributed by atoms with E-state index in [1.807, 2.05) is 0 Å². The molecule has 1 aromatic heterocycles. The number of hydrogen-bond donors (Lipinski definition) is 1. The summed E-state index contributed by atoms with van der Waals surface area (Å²) in [6.45, 7) is 0.329. The maximum absolute atomic E-state index is 13.1. The summed E-state index contributed by atoms with van der Waals surface area (Å²) >= 11 is 1.60. The second-order valence-corrected chi connectivity index (χ2v) is 7.72. The fourth-order valence-corrected chi connectivity index (χ4v) is 4.15. The molecule has 0 spiro atoms. The van der Waals surface area contributed by atoms with Gasteiger partial charge in [0.1, 0.15) is 5.01 Å². The van der Waals surface area contributed by atoms with E-state index in [-0.39, 0.29) is 11.0 Å². The molecule has 0 atom stereocenters. The van der Waals surface area contributed by atoms with Crippen LogP contribution in [0.2, 0.25) is 0 Å². The Labute approximate surface area is 147 Å². The molecule has 0 saturated heterocycles. The van der Waals surface area contributed by atoms with Crippen molar-refractivity contribution in [3.63, 3.8) is 0 Å².